The van der Waals surface area contributed by atoms with E-state index in [1.165, 1.54) is 5.56 Å². The second kappa shape index (κ2) is 9.99. The number of hydrogen-bond acceptors (Lipinski definition) is 4. The van der Waals surface area contributed by atoms with E-state index in [0.29, 0.717) is 19.0 Å². The van der Waals surface area contributed by atoms with Gasteiger partial charge >= 0.3 is 11.8 Å². The van der Waals surface area contributed by atoms with Gasteiger partial charge in [0.05, 0.1) is 5.69 Å². The Hall–Kier alpha value is -2.73. The highest BCUT2D eigenvalue weighted by Gasteiger charge is 2.21. The first-order chi connectivity index (χ1) is 13.6. The fourth-order valence-corrected chi connectivity index (χ4v) is 3.36. The van der Waals surface area contributed by atoms with Crippen LogP contribution in [0.25, 0.3) is 0 Å². The van der Waals surface area contributed by atoms with E-state index >= 15 is 0 Å². The van der Waals surface area contributed by atoms with Gasteiger partial charge in [-0.2, -0.15) is 0 Å². The second-order valence-corrected chi connectivity index (χ2v) is 7.42. The van der Waals surface area contributed by atoms with Crippen molar-refractivity contribution in [3.05, 3.63) is 65.5 Å². The highest BCUT2D eigenvalue weighted by molar-refractivity contribution is 6.35. The smallest absolute Gasteiger partial charge is 0.309 e. The molecule has 0 spiro atoms. The molecule has 1 aliphatic rings. The minimum atomic E-state index is -0.576. The van der Waals surface area contributed by atoms with Crippen LogP contribution in [0.1, 0.15) is 29.7 Å². The predicted molar refractivity (Wildman–Crippen MR) is 108 cm³/mol. The summed E-state index contributed by atoms with van der Waals surface area (Å²) in [6, 6.07) is 13.9. The van der Waals surface area contributed by atoms with Crippen molar-refractivity contribution < 1.29 is 9.59 Å². The first kappa shape index (κ1) is 20.0. The summed E-state index contributed by atoms with van der Waals surface area (Å²) in [6.07, 6.45) is 3.84. The summed E-state index contributed by atoms with van der Waals surface area (Å²) >= 11 is 0. The molecule has 148 valence electrons. The Morgan fingerprint density at radius 2 is 1.75 bits per heavy atom. The number of carbonyl (C=O) groups is 2. The number of nitrogens with zero attached hydrogens (tertiary/aromatic N) is 2. The molecule has 1 aromatic heterocycles. The molecule has 0 radical (unpaired) electrons. The summed E-state index contributed by atoms with van der Waals surface area (Å²) in [5.41, 5.74) is 3.23. The molecule has 3 rings (SSSR count). The lowest BCUT2D eigenvalue weighted by atomic mass is 9.96. The summed E-state index contributed by atoms with van der Waals surface area (Å²) in [6.45, 7) is 5.75. The monoisotopic (exact) mass is 380 g/mol. The number of aromatic nitrogens is 1. The van der Waals surface area contributed by atoms with Crippen LogP contribution in [0.4, 0.5) is 0 Å². The van der Waals surface area contributed by atoms with Crippen LogP contribution in [-0.2, 0) is 22.7 Å². The van der Waals surface area contributed by atoms with Crippen molar-refractivity contribution in [2.45, 2.75) is 32.9 Å². The Balaban J connectivity index is 1.33. The number of hydrogen-bond donors (Lipinski definition) is 2. The molecule has 1 saturated heterocycles. The van der Waals surface area contributed by atoms with Crippen LogP contribution in [-0.4, -0.2) is 41.3 Å². The zero-order valence-corrected chi connectivity index (χ0v) is 16.4. The van der Waals surface area contributed by atoms with Gasteiger partial charge in [0.1, 0.15) is 0 Å². The molecular formula is C22H28N4O2. The SMILES string of the molecule is Cc1ccc(CNC(=O)C(=O)NCC2CCN(Cc3ccccn3)CC2)cc1. The lowest BCUT2D eigenvalue weighted by molar-refractivity contribution is -0.139. The van der Waals surface area contributed by atoms with Gasteiger partial charge in [0.25, 0.3) is 0 Å². The first-order valence-electron chi connectivity index (χ1n) is 9.84. The molecule has 6 nitrogen and oxygen atoms in total. The van der Waals surface area contributed by atoms with Crippen molar-refractivity contribution in [3.63, 3.8) is 0 Å². The fourth-order valence-electron chi connectivity index (χ4n) is 3.36. The molecule has 1 fully saturated rings. The number of benzene rings is 1. The number of pyridine rings is 1. The molecule has 1 aromatic carbocycles. The fraction of sp³-hybridized carbons (Fsp3) is 0.409. The van der Waals surface area contributed by atoms with E-state index in [9.17, 15) is 9.59 Å². The molecule has 6 heteroatoms. The Bertz CT molecular complexity index is 769. The molecule has 0 unspecified atom stereocenters. The quantitative estimate of drug-likeness (QED) is 0.752. The number of carbonyl (C=O) groups excluding carboxylic acids is 2. The maximum absolute atomic E-state index is 12.0. The number of nitrogens with one attached hydrogen (secondary N) is 2. The molecule has 2 amide bonds. The molecule has 2 aromatic rings. The van der Waals surface area contributed by atoms with Crippen molar-refractivity contribution in [1.29, 1.82) is 0 Å². The van der Waals surface area contributed by atoms with Crippen LogP contribution >= 0.6 is 0 Å². The Morgan fingerprint density at radius 1 is 1.04 bits per heavy atom. The normalized spacial score (nSPS) is 15.2. The van der Waals surface area contributed by atoms with Gasteiger partial charge in [-0.3, -0.25) is 19.5 Å². The summed E-state index contributed by atoms with van der Waals surface area (Å²) < 4.78 is 0. The summed E-state index contributed by atoms with van der Waals surface area (Å²) in [5.74, 6) is -0.718. The lowest BCUT2D eigenvalue weighted by Gasteiger charge is -2.31. The Kier molecular flexibility index (Phi) is 7.14. The van der Waals surface area contributed by atoms with E-state index in [1.807, 2.05) is 55.6 Å². The molecule has 0 atom stereocenters. The lowest BCUT2D eigenvalue weighted by Crippen LogP contribution is -2.43. The third-order valence-electron chi connectivity index (χ3n) is 5.15. The number of rotatable bonds is 6. The van der Waals surface area contributed by atoms with Crippen LogP contribution in [0, 0.1) is 12.8 Å². The minimum Gasteiger partial charge on any atom is -0.348 e. The van der Waals surface area contributed by atoms with Crippen LogP contribution < -0.4 is 10.6 Å². The Labute approximate surface area is 166 Å². The third kappa shape index (κ3) is 6.16. The summed E-state index contributed by atoms with van der Waals surface area (Å²) in [7, 11) is 0. The van der Waals surface area contributed by atoms with Crippen LogP contribution in [0.15, 0.2) is 48.7 Å². The van der Waals surface area contributed by atoms with Gasteiger partial charge in [-0.15, -0.1) is 0 Å². The highest BCUT2D eigenvalue weighted by Crippen LogP contribution is 2.17. The maximum atomic E-state index is 12.0. The van der Waals surface area contributed by atoms with E-state index in [1.54, 1.807) is 0 Å². The zero-order chi connectivity index (χ0) is 19.8. The molecule has 0 bridgehead atoms. The van der Waals surface area contributed by atoms with Crippen molar-refractivity contribution in [2.75, 3.05) is 19.6 Å². The number of piperidine rings is 1. The summed E-state index contributed by atoms with van der Waals surface area (Å²) in [5, 5.41) is 5.45. The number of amides is 2. The molecule has 28 heavy (non-hydrogen) atoms. The standard InChI is InChI=1S/C22H28N4O2/c1-17-5-7-18(8-6-17)14-24-21(27)22(28)25-15-19-9-12-26(13-10-19)16-20-4-2-3-11-23-20/h2-8,11,19H,9-10,12-16H2,1H3,(H,24,27)(H,25,28). The van der Waals surface area contributed by atoms with Crippen LogP contribution in [0.3, 0.4) is 0 Å². The van der Waals surface area contributed by atoms with Crippen molar-refractivity contribution >= 4 is 11.8 Å². The molecule has 2 N–H and O–H groups in total. The van der Waals surface area contributed by atoms with Gasteiger partial charge in [-0.1, -0.05) is 35.9 Å². The highest BCUT2D eigenvalue weighted by atomic mass is 16.2. The first-order valence-corrected chi connectivity index (χ1v) is 9.84. The van der Waals surface area contributed by atoms with E-state index < -0.39 is 11.8 Å². The minimum absolute atomic E-state index is 0.360. The second-order valence-electron chi connectivity index (χ2n) is 7.42. The summed E-state index contributed by atoms with van der Waals surface area (Å²) in [4.78, 5) is 30.8. The average Bonchev–Trinajstić information content (AvgIpc) is 2.73. The zero-order valence-electron chi connectivity index (χ0n) is 16.4. The van der Waals surface area contributed by atoms with Gasteiger partial charge in [0, 0.05) is 25.8 Å². The van der Waals surface area contributed by atoms with Crippen LogP contribution in [0.2, 0.25) is 0 Å². The Morgan fingerprint density at radius 3 is 2.43 bits per heavy atom. The molecule has 0 saturated carbocycles. The van der Waals surface area contributed by atoms with E-state index in [2.05, 4.69) is 20.5 Å². The largest absolute Gasteiger partial charge is 0.348 e. The number of likely N-dealkylation sites (tertiary alicyclic amines) is 1. The van der Waals surface area contributed by atoms with Crippen LogP contribution in [0.5, 0.6) is 0 Å². The van der Waals surface area contributed by atoms with Crippen molar-refractivity contribution in [3.8, 4) is 0 Å². The third-order valence-corrected chi connectivity index (χ3v) is 5.15. The molecule has 0 aliphatic carbocycles. The van der Waals surface area contributed by atoms with Gasteiger partial charge in [0.15, 0.2) is 0 Å². The van der Waals surface area contributed by atoms with E-state index in [4.69, 9.17) is 0 Å². The average molecular weight is 380 g/mol. The predicted octanol–water partition coefficient (Wildman–Crippen LogP) is 2.03. The van der Waals surface area contributed by atoms with Gasteiger partial charge in [-0.25, -0.2) is 0 Å². The van der Waals surface area contributed by atoms with E-state index in [-0.39, 0.29) is 0 Å². The topological polar surface area (TPSA) is 74.3 Å². The molecular weight excluding hydrogens is 352 g/mol. The van der Waals surface area contributed by atoms with Crippen molar-refractivity contribution in [2.24, 2.45) is 5.92 Å². The van der Waals surface area contributed by atoms with Gasteiger partial charge in [0.2, 0.25) is 0 Å². The number of aryl methyl sites for hydroxylation is 1. The maximum Gasteiger partial charge on any atom is 0.309 e. The van der Waals surface area contributed by atoms with Crippen molar-refractivity contribution in [1.82, 2.24) is 20.5 Å². The van der Waals surface area contributed by atoms with Gasteiger partial charge < -0.3 is 10.6 Å². The van der Waals surface area contributed by atoms with E-state index in [0.717, 1.165) is 43.7 Å². The van der Waals surface area contributed by atoms with Gasteiger partial charge in [-0.05, 0) is 56.5 Å². The molecule has 2 heterocycles. The molecule has 1 aliphatic heterocycles.